The van der Waals surface area contributed by atoms with Gasteiger partial charge in [-0.05, 0) is 26.7 Å². The molecule has 134 valence electrons. The fourth-order valence-corrected chi connectivity index (χ4v) is 3.06. The molecule has 3 rings (SSSR count). The van der Waals surface area contributed by atoms with Crippen LogP contribution in [0.4, 0.5) is 5.82 Å². The smallest absolute Gasteiger partial charge is 0.132 e. The Morgan fingerprint density at radius 3 is 2.46 bits per heavy atom. The molecular weight excluding hydrogens is 347 g/mol. The lowest BCUT2D eigenvalue weighted by Crippen LogP contribution is -2.35. The molecule has 1 aliphatic carbocycles. The SMILES string of the molecule is Cc1nn(C)c(C)c1CN(C)c1cc(C2CC(N)C2)ncn1.Cl.Cl. The molecule has 8 heteroatoms. The van der Waals surface area contributed by atoms with E-state index in [0.717, 1.165) is 36.6 Å². The van der Waals surface area contributed by atoms with Crippen LogP contribution in [0.25, 0.3) is 0 Å². The van der Waals surface area contributed by atoms with E-state index in [-0.39, 0.29) is 24.8 Å². The van der Waals surface area contributed by atoms with Crippen molar-refractivity contribution in [3.8, 4) is 0 Å². The van der Waals surface area contributed by atoms with Crippen LogP contribution >= 0.6 is 24.8 Å². The Labute approximate surface area is 155 Å². The summed E-state index contributed by atoms with van der Waals surface area (Å²) in [5, 5.41) is 4.48. The summed E-state index contributed by atoms with van der Waals surface area (Å²) in [4.78, 5) is 11.0. The first-order valence-electron chi connectivity index (χ1n) is 7.73. The molecule has 0 bridgehead atoms. The highest BCUT2D eigenvalue weighted by Gasteiger charge is 2.28. The van der Waals surface area contributed by atoms with Crippen LogP contribution in [-0.2, 0) is 13.6 Å². The number of aromatic nitrogens is 4. The zero-order valence-corrected chi connectivity index (χ0v) is 16.2. The highest BCUT2D eigenvalue weighted by molar-refractivity contribution is 5.85. The van der Waals surface area contributed by atoms with E-state index in [9.17, 15) is 0 Å². The summed E-state index contributed by atoms with van der Waals surface area (Å²) >= 11 is 0. The van der Waals surface area contributed by atoms with E-state index >= 15 is 0 Å². The quantitative estimate of drug-likeness (QED) is 0.892. The Hall–Kier alpha value is -1.37. The second kappa shape index (κ2) is 8.14. The minimum atomic E-state index is 0. The summed E-state index contributed by atoms with van der Waals surface area (Å²) in [7, 11) is 4.04. The molecule has 0 aliphatic heterocycles. The van der Waals surface area contributed by atoms with Gasteiger partial charge in [0.25, 0.3) is 0 Å². The molecule has 0 spiro atoms. The van der Waals surface area contributed by atoms with Crippen molar-refractivity contribution in [3.63, 3.8) is 0 Å². The van der Waals surface area contributed by atoms with Crippen LogP contribution in [0.3, 0.4) is 0 Å². The number of nitrogens with two attached hydrogens (primary N) is 1. The van der Waals surface area contributed by atoms with Crippen molar-refractivity contribution in [2.24, 2.45) is 12.8 Å². The molecule has 1 aliphatic rings. The first kappa shape index (κ1) is 20.7. The van der Waals surface area contributed by atoms with Gasteiger partial charge in [0.15, 0.2) is 0 Å². The molecule has 0 saturated heterocycles. The second-order valence-electron chi connectivity index (χ2n) is 6.36. The van der Waals surface area contributed by atoms with Crippen molar-refractivity contribution in [2.75, 3.05) is 11.9 Å². The molecule has 2 aromatic rings. The van der Waals surface area contributed by atoms with Crippen molar-refractivity contribution in [3.05, 3.63) is 35.0 Å². The predicted molar refractivity (Wildman–Crippen MR) is 101 cm³/mol. The Kier molecular flexibility index (Phi) is 7.01. The largest absolute Gasteiger partial charge is 0.355 e. The normalized spacial score (nSPS) is 19.0. The van der Waals surface area contributed by atoms with Gasteiger partial charge in [-0.15, -0.1) is 24.8 Å². The van der Waals surface area contributed by atoms with Gasteiger partial charge >= 0.3 is 0 Å². The molecule has 0 unspecified atom stereocenters. The van der Waals surface area contributed by atoms with E-state index in [2.05, 4.69) is 46.9 Å². The van der Waals surface area contributed by atoms with Gasteiger partial charge in [-0.3, -0.25) is 4.68 Å². The molecule has 24 heavy (non-hydrogen) atoms. The van der Waals surface area contributed by atoms with E-state index in [0.29, 0.717) is 12.0 Å². The van der Waals surface area contributed by atoms with Crippen molar-refractivity contribution in [1.29, 1.82) is 0 Å². The van der Waals surface area contributed by atoms with E-state index < -0.39 is 0 Å². The zero-order valence-electron chi connectivity index (χ0n) is 14.6. The fourth-order valence-electron chi connectivity index (χ4n) is 3.06. The van der Waals surface area contributed by atoms with Gasteiger partial charge in [-0.25, -0.2) is 9.97 Å². The third-order valence-electron chi connectivity index (χ3n) is 4.71. The van der Waals surface area contributed by atoms with Crippen molar-refractivity contribution in [2.45, 2.75) is 45.2 Å². The van der Waals surface area contributed by atoms with Crippen LogP contribution < -0.4 is 10.6 Å². The standard InChI is InChI=1S/C16H24N6.2ClH/c1-10-14(11(2)22(4)20-10)8-21(3)16-7-15(18-9-19-16)12-5-13(17)6-12;;/h7,9,12-13H,5-6,8,17H2,1-4H3;2*1H. The number of aryl methyl sites for hydroxylation is 2. The third-order valence-corrected chi connectivity index (χ3v) is 4.71. The van der Waals surface area contributed by atoms with Crippen LogP contribution in [0, 0.1) is 13.8 Å². The molecule has 2 heterocycles. The summed E-state index contributed by atoms with van der Waals surface area (Å²) in [5.74, 6) is 1.44. The van der Waals surface area contributed by atoms with E-state index in [1.807, 2.05) is 11.7 Å². The van der Waals surface area contributed by atoms with Crippen LogP contribution in [0.2, 0.25) is 0 Å². The minimum Gasteiger partial charge on any atom is -0.355 e. The number of nitrogens with zero attached hydrogens (tertiary/aromatic N) is 5. The fraction of sp³-hybridized carbons (Fsp3) is 0.562. The van der Waals surface area contributed by atoms with Crippen molar-refractivity contribution < 1.29 is 0 Å². The molecule has 0 aromatic carbocycles. The predicted octanol–water partition coefficient (Wildman–Crippen LogP) is 2.51. The molecule has 0 atom stereocenters. The second-order valence-corrected chi connectivity index (χ2v) is 6.36. The lowest BCUT2D eigenvalue weighted by Gasteiger charge is -2.32. The summed E-state index contributed by atoms with van der Waals surface area (Å²) in [6.07, 6.45) is 3.72. The van der Waals surface area contributed by atoms with Crippen LogP contribution in [0.1, 0.15) is 41.4 Å². The summed E-state index contributed by atoms with van der Waals surface area (Å²) in [5.41, 5.74) is 10.5. The Morgan fingerprint density at radius 2 is 1.92 bits per heavy atom. The summed E-state index contributed by atoms with van der Waals surface area (Å²) < 4.78 is 1.93. The van der Waals surface area contributed by atoms with Gasteiger partial charge in [0.2, 0.25) is 0 Å². The lowest BCUT2D eigenvalue weighted by molar-refractivity contribution is 0.345. The highest BCUT2D eigenvalue weighted by atomic mass is 35.5. The van der Waals surface area contributed by atoms with Crippen molar-refractivity contribution >= 4 is 30.6 Å². The van der Waals surface area contributed by atoms with Crippen molar-refractivity contribution in [1.82, 2.24) is 19.7 Å². The molecule has 6 nitrogen and oxygen atoms in total. The van der Waals surface area contributed by atoms with Crippen LogP contribution in [0.15, 0.2) is 12.4 Å². The monoisotopic (exact) mass is 372 g/mol. The molecule has 0 radical (unpaired) electrons. The Bertz CT molecular complexity index is 681. The lowest BCUT2D eigenvalue weighted by atomic mass is 9.78. The zero-order chi connectivity index (χ0) is 15.9. The third kappa shape index (κ3) is 3.99. The number of hydrogen-bond donors (Lipinski definition) is 1. The minimum absolute atomic E-state index is 0. The van der Waals surface area contributed by atoms with Gasteiger partial charge in [0.1, 0.15) is 12.1 Å². The summed E-state index contributed by atoms with van der Waals surface area (Å²) in [6, 6.07) is 2.43. The number of anilines is 1. The maximum Gasteiger partial charge on any atom is 0.132 e. The first-order valence-corrected chi connectivity index (χ1v) is 7.73. The van der Waals surface area contributed by atoms with Crippen LogP contribution in [0.5, 0.6) is 0 Å². The Balaban J connectivity index is 0.00000144. The molecule has 1 saturated carbocycles. The average molecular weight is 373 g/mol. The Morgan fingerprint density at radius 1 is 1.25 bits per heavy atom. The van der Waals surface area contributed by atoms with E-state index in [1.54, 1.807) is 6.33 Å². The topological polar surface area (TPSA) is 72.9 Å². The number of halogens is 2. The molecular formula is C16H26Cl2N6. The van der Waals surface area contributed by atoms with Gasteiger partial charge in [-0.2, -0.15) is 5.10 Å². The maximum absolute atomic E-state index is 5.88. The summed E-state index contributed by atoms with van der Waals surface area (Å²) in [6.45, 7) is 4.95. The first-order chi connectivity index (χ1) is 10.5. The van der Waals surface area contributed by atoms with Gasteiger partial charge < -0.3 is 10.6 Å². The molecule has 0 amide bonds. The average Bonchev–Trinajstić information content (AvgIpc) is 2.70. The highest BCUT2D eigenvalue weighted by Crippen LogP contribution is 2.35. The maximum atomic E-state index is 5.88. The van der Waals surface area contributed by atoms with Crippen LogP contribution in [-0.4, -0.2) is 32.8 Å². The molecule has 2 N–H and O–H groups in total. The van der Waals surface area contributed by atoms with Gasteiger partial charge in [-0.1, -0.05) is 0 Å². The van der Waals surface area contributed by atoms with Gasteiger partial charge in [0.05, 0.1) is 5.69 Å². The number of rotatable bonds is 4. The molecule has 2 aromatic heterocycles. The number of hydrogen-bond acceptors (Lipinski definition) is 5. The molecule has 1 fully saturated rings. The van der Waals surface area contributed by atoms with E-state index in [1.165, 1.54) is 11.3 Å². The van der Waals surface area contributed by atoms with E-state index in [4.69, 9.17) is 5.73 Å². The van der Waals surface area contributed by atoms with Gasteiger partial charge in [0, 0.05) is 55.6 Å².